The average molecular weight is 328 g/mol. The van der Waals surface area contributed by atoms with Crippen LogP contribution in [0.15, 0.2) is 24.3 Å². The van der Waals surface area contributed by atoms with Gasteiger partial charge in [-0.1, -0.05) is 31.5 Å². The van der Waals surface area contributed by atoms with Crippen molar-refractivity contribution in [2.75, 3.05) is 13.1 Å². The molecule has 0 spiro atoms. The molecule has 0 amide bonds. The van der Waals surface area contributed by atoms with Crippen LogP contribution in [-0.2, 0) is 6.18 Å². The predicted molar refractivity (Wildman–Crippen MR) is 87.1 cm³/mol. The molecule has 1 aromatic carbocycles. The van der Waals surface area contributed by atoms with Gasteiger partial charge in [0.15, 0.2) is 0 Å². The lowest BCUT2D eigenvalue weighted by atomic mass is 9.90. The Balaban J connectivity index is 1.97. The van der Waals surface area contributed by atoms with Gasteiger partial charge in [0, 0.05) is 0 Å². The van der Waals surface area contributed by atoms with E-state index in [9.17, 15) is 13.2 Å². The molecule has 0 aromatic heterocycles. The summed E-state index contributed by atoms with van der Waals surface area (Å²) >= 11 is 0. The maximum Gasteiger partial charge on any atom is 0.416 e. The highest BCUT2D eigenvalue weighted by atomic mass is 19.4. The van der Waals surface area contributed by atoms with E-state index in [0.717, 1.165) is 44.0 Å². The highest BCUT2D eigenvalue weighted by molar-refractivity contribution is 5.28. The number of likely N-dealkylation sites (tertiary alicyclic amines) is 1. The number of nitrogens with zero attached hydrogens (tertiary/aromatic N) is 1. The maximum atomic E-state index is 12.9. The topological polar surface area (TPSA) is 29.3 Å². The molecule has 2 rings (SSSR count). The second kappa shape index (κ2) is 8.15. The molecule has 23 heavy (non-hydrogen) atoms. The van der Waals surface area contributed by atoms with Crippen LogP contribution in [0.25, 0.3) is 0 Å². The molecule has 1 aliphatic rings. The second-order valence-electron chi connectivity index (χ2n) is 6.47. The Hall–Kier alpha value is -1.07. The summed E-state index contributed by atoms with van der Waals surface area (Å²) in [6.07, 6.45) is 1.88. The van der Waals surface area contributed by atoms with E-state index < -0.39 is 11.7 Å². The first-order chi connectivity index (χ1) is 10.9. The number of rotatable bonds is 6. The molecule has 0 saturated carbocycles. The zero-order valence-corrected chi connectivity index (χ0v) is 13.8. The summed E-state index contributed by atoms with van der Waals surface area (Å²) < 4.78 is 38.6. The Morgan fingerprint density at radius 1 is 1.13 bits per heavy atom. The fraction of sp³-hybridized carbons (Fsp3) is 0.667. The third kappa shape index (κ3) is 5.21. The quantitative estimate of drug-likeness (QED) is 0.816. The Kier molecular flexibility index (Phi) is 6.48. The van der Waals surface area contributed by atoms with E-state index in [-0.39, 0.29) is 12.1 Å². The molecule has 1 saturated heterocycles. The highest BCUT2D eigenvalue weighted by Crippen LogP contribution is 2.33. The maximum absolute atomic E-state index is 12.9. The summed E-state index contributed by atoms with van der Waals surface area (Å²) in [7, 11) is 0. The summed E-state index contributed by atoms with van der Waals surface area (Å²) in [6, 6.07) is 5.73. The van der Waals surface area contributed by atoms with Gasteiger partial charge in [-0.3, -0.25) is 4.90 Å². The molecule has 0 bridgehead atoms. The molecule has 0 aliphatic carbocycles. The zero-order valence-electron chi connectivity index (χ0n) is 13.8. The van der Waals surface area contributed by atoms with Gasteiger partial charge in [-0.15, -0.1) is 0 Å². The van der Waals surface area contributed by atoms with Crippen LogP contribution < -0.4 is 5.73 Å². The molecule has 130 valence electrons. The number of hydrogen-bond acceptors (Lipinski definition) is 2. The Morgan fingerprint density at radius 3 is 2.43 bits per heavy atom. The lowest BCUT2D eigenvalue weighted by Gasteiger charge is -2.32. The number of benzene rings is 1. The van der Waals surface area contributed by atoms with Gasteiger partial charge in [-0.2, -0.15) is 13.2 Å². The van der Waals surface area contributed by atoms with Crippen LogP contribution in [0.2, 0.25) is 0 Å². The number of piperidine rings is 1. The Bertz CT molecular complexity index is 481. The Labute approximate surface area is 136 Å². The van der Waals surface area contributed by atoms with Gasteiger partial charge < -0.3 is 5.73 Å². The van der Waals surface area contributed by atoms with Gasteiger partial charge >= 0.3 is 6.18 Å². The molecular formula is C18H27F3N2. The normalized spacial score (nSPS) is 19.5. The third-order valence-electron chi connectivity index (χ3n) is 4.85. The van der Waals surface area contributed by atoms with Crippen LogP contribution >= 0.6 is 0 Å². The highest BCUT2D eigenvalue weighted by Gasteiger charge is 2.31. The van der Waals surface area contributed by atoms with E-state index in [4.69, 9.17) is 5.73 Å². The van der Waals surface area contributed by atoms with Gasteiger partial charge in [0.05, 0.1) is 11.7 Å². The van der Waals surface area contributed by atoms with Crippen molar-refractivity contribution in [2.45, 2.75) is 63.7 Å². The number of alkyl halides is 3. The van der Waals surface area contributed by atoms with Gasteiger partial charge in [0.1, 0.15) is 0 Å². The van der Waals surface area contributed by atoms with Crippen molar-refractivity contribution in [1.29, 1.82) is 0 Å². The molecule has 1 heterocycles. The minimum Gasteiger partial charge on any atom is -0.316 e. The van der Waals surface area contributed by atoms with Crippen LogP contribution in [0.1, 0.15) is 62.5 Å². The van der Waals surface area contributed by atoms with Crippen LogP contribution in [-0.4, -0.2) is 24.2 Å². The molecule has 2 atom stereocenters. The summed E-state index contributed by atoms with van der Waals surface area (Å²) in [4.78, 5) is 2.31. The van der Waals surface area contributed by atoms with Gasteiger partial charge in [-0.25, -0.2) is 0 Å². The zero-order chi connectivity index (χ0) is 16.9. The van der Waals surface area contributed by atoms with Crippen molar-refractivity contribution in [3.63, 3.8) is 0 Å². The largest absolute Gasteiger partial charge is 0.416 e. The molecular weight excluding hydrogens is 301 g/mol. The van der Waals surface area contributed by atoms with Crippen LogP contribution in [0.5, 0.6) is 0 Å². The van der Waals surface area contributed by atoms with Crippen LogP contribution in [0, 0.1) is 0 Å². The standard InChI is InChI=1S/C18H27F3N2/c1-2-14(9-10-17(22)23-11-4-3-5-12-23)15-7-6-8-16(13-15)18(19,20)21/h6-8,13-14,17H,2-5,9-12,22H2,1H3. The molecule has 2 N–H and O–H groups in total. The third-order valence-corrected chi connectivity index (χ3v) is 4.85. The van der Waals surface area contributed by atoms with Crippen molar-refractivity contribution in [3.8, 4) is 0 Å². The lowest BCUT2D eigenvalue weighted by molar-refractivity contribution is -0.137. The van der Waals surface area contributed by atoms with Crippen molar-refractivity contribution in [1.82, 2.24) is 4.90 Å². The first-order valence-corrected chi connectivity index (χ1v) is 8.58. The lowest BCUT2D eigenvalue weighted by Crippen LogP contribution is -2.44. The van der Waals surface area contributed by atoms with E-state index >= 15 is 0 Å². The number of nitrogens with two attached hydrogens (primary N) is 1. The van der Waals surface area contributed by atoms with Crippen molar-refractivity contribution >= 4 is 0 Å². The average Bonchev–Trinajstić information content (AvgIpc) is 2.55. The molecule has 1 aliphatic heterocycles. The first-order valence-electron chi connectivity index (χ1n) is 8.58. The van der Waals surface area contributed by atoms with Gasteiger partial charge in [0.25, 0.3) is 0 Å². The summed E-state index contributed by atoms with van der Waals surface area (Å²) in [6.45, 7) is 4.11. The van der Waals surface area contributed by atoms with Crippen molar-refractivity contribution in [3.05, 3.63) is 35.4 Å². The van der Waals surface area contributed by atoms with Crippen LogP contribution in [0.4, 0.5) is 13.2 Å². The molecule has 5 heteroatoms. The van der Waals surface area contributed by atoms with E-state index in [1.165, 1.54) is 31.4 Å². The first kappa shape index (κ1) is 18.3. The molecule has 0 radical (unpaired) electrons. The molecule has 2 nitrogen and oxygen atoms in total. The number of halogens is 3. The van der Waals surface area contributed by atoms with E-state index in [1.807, 2.05) is 6.92 Å². The van der Waals surface area contributed by atoms with Crippen molar-refractivity contribution < 1.29 is 13.2 Å². The molecule has 1 fully saturated rings. The summed E-state index contributed by atoms with van der Waals surface area (Å²) in [5, 5.41) is 0. The van der Waals surface area contributed by atoms with Crippen molar-refractivity contribution in [2.24, 2.45) is 5.73 Å². The fourth-order valence-corrected chi connectivity index (χ4v) is 3.38. The fourth-order valence-electron chi connectivity index (χ4n) is 3.38. The minimum absolute atomic E-state index is 0.0233. The monoisotopic (exact) mass is 328 g/mol. The van der Waals surface area contributed by atoms with Gasteiger partial charge in [0.2, 0.25) is 0 Å². The van der Waals surface area contributed by atoms with Gasteiger partial charge in [-0.05, 0) is 62.7 Å². The smallest absolute Gasteiger partial charge is 0.316 e. The SMILES string of the molecule is CCC(CCC(N)N1CCCCC1)c1cccc(C(F)(F)F)c1. The summed E-state index contributed by atoms with van der Waals surface area (Å²) in [5.41, 5.74) is 6.48. The molecule has 2 unspecified atom stereocenters. The second-order valence-corrected chi connectivity index (χ2v) is 6.47. The molecule has 1 aromatic rings. The summed E-state index contributed by atoms with van der Waals surface area (Å²) in [5.74, 6) is 0.133. The minimum atomic E-state index is -4.28. The number of hydrogen-bond donors (Lipinski definition) is 1. The van der Waals surface area contributed by atoms with Crippen LogP contribution in [0.3, 0.4) is 0 Å². The van der Waals surface area contributed by atoms with E-state index in [2.05, 4.69) is 4.90 Å². The predicted octanol–water partition coefficient (Wildman–Crippen LogP) is 4.75. The Morgan fingerprint density at radius 2 is 1.83 bits per heavy atom. The van der Waals surface area contributed by atoms with E-state index in [0.29, 0.717) is 0 Å². The van der Waals surface area contributed by atoms with E-state index in [1.54, 1.807) is 6.07 Å².